The number of benzene rings is 2. The van der Waals surface area contributed by atoms with Crippen molar-refractivity contribution in [1.82, 2.24) is 10.2 Å². The van der Waals surface area contributed by atoms with Crippen LogP contribution in [0.2, 0.25) is 0 Å². The van der Waals surface area contributed by atoms with E-state index in [0.717, 1.165) is 30.7 Å². The molecule has 1 heterocycles. The summed E-state index contributed by atoms with van der Waals surface area (Å²) < 4.78 is 5.74. The summed E-state index contributed by atoms with van der Waals surface area (Å²) in [5.41, 5.74) is 3.26. The molecule has 4 heteroatoms. The average Bonchev–Trinajstić information content (AvgIpc) is 2.72. The van der Waals surface area contributed by atoms with E-state index in [1.54, 1.807) is 0 Å². The van der Waals surface area contributed by atoms with Crippen LogP contribution >= 0.6 is 0 Å². The zero-order chi connectivity index (χ0) is 20.5. The lowest BCUT2D eigenvalue weighted by Crippen LogP contribution is -2.29. The van der Waals surface area contributed by atoms with E-state index in [9.17, 15) is 4.79 Å². The molecule has 1 fully saturated rings. The molecule has 0 bridgehead atoms. The van der Waals surface area contributed by atoms with Gasteiger partial charge in [0.25, 0.3) is 5.91 Å². The second kappa shape index (κ2) is 11.0. The number of likely N-dealkylation sites (tertiary alicyclic amines) is 1. The van der Waals surface area contributed by atoms with Crippen molar-refractivity contribution >= 4 is 5.91 Å². The lowest BCUT2D eigenvalue weighted by atomic mass is 10.1. The van der Waals surface area contributed by atoms with Gasteiger partial charge in [-0.1, -0.05) is 30.7 Å². The summed E-state index contributed by atoms with van der Waals surface area (Å²) in [6.07, 6.45) is 5.96. The van der Waals surface area contributed by atoms with Crippen LogP contribution in [-0.4, -0.2) is 36.5 Å². The number of ether oxygens (including phenoxy) is 1. The highest BCUT2D eigenvalue weighted by atomic mass is 16.5. The van der Waals surface area contributed by atoms with Crippen LogP contribution in [0, 0.1) is 0 Å². The number of hydrogen-bond acceptors (Lipinski definition) is 3. The molecule has 1 saturated heterocycles. The van der Waals surface area contributed by atoms with Crippen LogP contribution < -0.4 is 10.1 Å². The van der Waals surface area contributed by atoms with Crippen molar-refractivity contribution in [3.05, 3.63) is 65.2 Å². The normalized spacial score (nSPS) is 14.7. The van der Waals surface area contributed by atoms with E-state index < -0.39 is 0 Å². The van der Waals surface area contributed by atoms with Crippen LogP contribution in [0.5, 0.6) is 5.75 Å². The Morgan fingerprint density at radius 2 is 1.79 bits per heavy atom. The smallest absolute Gasteiger partial charge is 0.251 e. The minimum atomic E-state index is 0.00594. The van der Waals surface area contributed by atoms with Crippen LogP contribution in [-0.2, 0) is 13.0 Å². The maximum absolute atomic E-state index is 12.4. The summed E-state index contributed by atoms with van der Waals surface area (Å²) in [5.74, 6) is 0.914. The maximum atomic E-state index is 12.4. The minimum absolute atomic E-state index is 0.00594. The highest BCUT2D eigenvalue weighted by molar-refractivity contribution is 5.94. The van der Waals surface area contributed by atoms with Gasteiger partial charge in [-0.15, -0.1) is 0 Å². The van der Waals surface area contributed by atoms with Gasteiger partial charge < -0.3 is 10.1 Å². The molecule has 1 aliphatic heterocycles. The Morgan fingerprint density at radius 3 is 2.52 bits per heavy atom. The minimum Gasteiger partial charge on any atom is -0.491 e. The van der Waals surface area contributed by atoms with E-state index in [1.165, 1.54) is 43.5 Å². The Balaban J connectivity index is 1.40. The average molecular weight is 395 g/mol. The molecule has 0 spiro atoms. The summed E-state index contributed by atoms with van der Waals surface area (Å²) >= 11 is 0. The van der Waals surface area contributed by atoms with Crippen molar-refractivity contribution in [3.8, 4) is 5.75 Å². The standard InChI is InChI=1S/C25H34N2O2/c1-20(2)29-24-10-6-8-21(18-24)9-7-15-26-25(28)23-13-11-22(12-14-23)19-27-16-4-3-5-17-27/h6,8,10-14,18,20H,3-5,7,9,15-17,19H2,1-2H3,(H,26,28). The predicted molar refractivity (Wildman–Crippen MR) is 118 cm³/mol. The molecule has 1 N–H and O–H groups in total. The topological polar surface area (TPSA) is 41.6 Å². The molecule has 1 amide bonds. The molecule has 29 heavy (non-hydrogen) atoms. The highest BCUT2D eigenvalue weighted by Gasteiger charge is 2.11. The second-order valence-corrected chi connectivity index (χ2v) is 8.21. The Morgan fingerprint density at radius 1 is 1.03 bits per heavy atom. The van der Waals surface area contributed by atoms with Gasteiger partial charge in [0.05, 0.1) is 6.10 Å². The molecular weight excluding hydrogens is 360 g/mol. The van der Waals surface area contributed by atoms with E-state index in [-0.39, 0.29) is 12.0 Å². The Bertz CT molecular complexity index is 765. The van der Waals surface area contributed by atoms with E-state index in [0.29, 0.717) is 6.54 Å². The van der Waals surface area contributed by atoms with Crippen LogP contribution in [0.3, 0.4) is 0 Å². The Labute approximate surface area is 175 Å². The largest absolute Gasteiger partial charge is 0.491 e. The molecule has 0 aromatic heterocycles. The molecule has 2 aromatic rings. The molecule has 0 unspecified atom stereocenters. The number of nitrogens with one attached hydrogen (secondary N) is 1. The van der Waals surface area contributed by atoms with Crippen molar-refractivity contribution in [1.29, 1.82) is 0 Å². The lowest BCUT2D eigenvalue weighted by Gasteiger charge is -2.26. The van der Waals surface area contributed by atoms with Gasteiger partial charge in [-0.2, -0.15) is 0 Å². The quantitative estimate of drug-likeness (QED) is 0.620. The molecule has 2 aromatic carbocycles. The van der Waals surface area contributed by atoms with Crippen LogP contribution in [0.25, 0.3) is 0 Å². The first-order valence-corrected chi connectivity index (χ1v) is 11.0. The number of rotatable bonds is 9. The molecule has 156 valence electrons. The van der Waals surface area contributed by atoms with Gasteiger partial charge in [-0.3, -0.25) is 9.69 Å². The number of aryl methyl sites for hydroxylation is 1. The van der Waals surface area contributed by atoms with Crippen molar-refractivity contribution < 1.29 is 9.53 Å². The summed E-state index contributed by atoms with van der Waals surface area (Å²) in [7, 11) is 0. The first-order chi connectivity index (χ1) is 14.1. The number of nitrogens with zero attached hydrogens (tertiary/aromatic N) is 1. The molecule has 4 nitrogen and oxygen atoms in total. The van der Waals surface area contributed by atoms with Gasteiger partial charge in [-0.25, -0.2) is 0 Å². The fraction of sp³-hybridized carbons (Fsp3) is 0.480. The number of carbonyl (C=O) groups is 1. The number of amides is 1. The SMILES string of the molecule is CC(C)Oc1cccc(CCCNC(=O)c2ccc(CN3CCCCC3)cc2)c1. The van der Waals surface area contributed by atoms with Gasteiger partial charge in [-0.05, 0) is 88.0 Å². The fourth-order valence-electron chi connectivity index (χ4n) is 3.78. The zero-order valence-electron chi connectivity index (χ0n) is 17.8. The number of carbonyl (C=O) groups excluding carboxylic acids is 1. The van der Waals surface area contributed by atoms with E-state index in [1.807, 2.05) is 38.1 Å². The van der Waals surface area contributed by atoms with Crippen molar-refractivity contribution in [2.24, 2.45) is 0 Å². The Hall–Kier alpha value is -2.33. The fourth-order valence-corrected chi connectivity index (χ4v) is 3.78. The van der Waals surface area contributed by atoms with Crippen LogP contribution in [0.15, 0.2) is 48.5 Å². The monoisotopic (exact) mass is 394 g/mol. The molecule has 0 aliphatic carbocycles. The van der Waals surface area contributed by atoms with Gasteiger partial charge >= 0.3 is 0 Å². The summed E-state index contributed by atoms with van der Waals surface area (Å²) in [6, 6.07) is 16.3. The van der Waals surface area contributed by atoms with Crippen LogP contribution in [0.4, 0.5) is 0 Å². The van der Waals surface area contributed by atoms with Crippen molar-refractivity contribution in [3.63, 3.8) is 0 Å². The first kappa shape index (κ1) is 21.4. The van der Waals surface area contributed by atoms with Crippen molar-refractivity contribution in [2.45, 2.75) is 58.6 Å². The third-order valence-corrected chi connectivity index (χ3v) is 5.27. The second-order valence-electron chi connectivity index (χ2n) is 8.21. The van der Waals surface area contributed by atoms with Gasteiger partial charge in [0.1, 0.15) is 5.75 Å². The third-order valence-electron chi connectivity index (χ3n) is 5.27. The number of piperidine rings is 1. The molecule has 0 radical (unpaired) electrons. The molecular formula is C25H34N2O2. The molecule has 3 rings (SSSR count). The Kier molecular flexibility index (Phi) is 8.12. The van der Waals surface area contributed by atoms with Gasteiger partial charge in [0.2, 0.25) is 0 Å². The van der Waals surface area contributed by atoms with Crippen LogP contribution in [0.1, 0.15) is 61.0 Å². The molecule has 1 aliphatic rings. The highest BCUT2D eigenvalue weighted by Crippen LogP contribution is 2.16. The van der Waals surface area contributed by atoms with Gasteiger partial charge in [0, 0.05) is 18.7 Å². The van der Waals surface area contributed by atoms with E-state index in [4.69, 9.17) is 4.74 Å². The molecule has 0 saturated carbocycles. The first-order valence-electron chi connectivity index (χ1n) is 11.0. The van der Waals surface area contributed by atoms with Gasteiger partial charge in [0.15, 0.2) is 0 Å². The summed E-state index contributed by atoms with van der Waals surface area (Å²) in [4.78, 5) is 14.9. The predicted octanol–water partition coefficient (Wildman–Crippen LogP) is 4.82. The summed E-state index contributed by atoms with van der Waals surface area (Å²) in [5, 5.41) is 3.04. The summed E-state index contributed by atoms with van der Waals surface area (Å²) in [6.45, 7) is 8.10. The maximum Gasteiger partial charge on any atom is 0.251 e. The third kappa shape index (κ3) is 7.21. The lowest BCUT2D eigenvalue weighted by molar-refractivity contribution is 0.0953. The van der Waals surface area contributed by atoms with E-state index >= 15 is 0 Å². The zero-order valence-corrected chi connectivity index (χ0v) is 17.8. The van der Waals surface area contributed by atoms with E-state index in [2.05, 4.69) is 34.5 Å². The molecule has 0 atom stereocenters. The number of hydrogen-bond donors (Lipinski definition) is 1. The van der Waals surface area contributed by atoms with Crippen molar-refractivity contribution in [2.75, 3.05) is 19.6 Å².